The highest BCUT2D eigenvalue weighted by atomic mass is 19.1. The smallest absolute Gasteiger partial charge is 0.220 e. The lowest BCUT2D eigenvalue weighted by Crippen LogP contribution is -2.23. The van der Waals surface area contributed by atoms with Gasteiger partial charge >= 0.3 is 0 Å². The standard InChI is InChI=1S/C26H22FN3O2/c27-22-5-7-23(8-6-22)32-24-3-1-2-19(16-24)4-9-26(31)30-18-20-10-15-29-25(17-20)21-11-13-28-14-12-21/h1-3,5-8,10-17H,4,9,18H2,(H,30,31). The predicted molar refractivity (Wildman–Crippen MR) is 121 cm³/mol. The highest BCUT2D eigenvalue weighted by molar-refractivity contribution is 5.76. The number of aromatic nitrogens is 2. The third kappa shape index (κ3) is 5.98. The van der Waals surface area contributed by atoms with Crippen molar-refractivity contribution in [2.45, 2.75) is 19.4 Å². The van der Waals surface area contributed by atoms with Crippen LogP contribution in [0.4, 0.5) is 4.39 Å². The van der Waals surface area contributed by atoms with Crippen LogP contribution in [0, 0.1) is 5.82 Å². The fraction of sp³-hybridized carbons (Fsp3) is 0.115. The molecule has 4 rings (SSSR count). The van der Waals surface area contributed by atoms with E-state index in [-0.39, 0.29) is 11.7 Å². The molecule has 4 aromatic rings. The van der Waals surface area contributed by atoms with E-state index < -0.39 is 0 Å². The van der Waals surface area contributed by atoms with Gasteiger partial charge in [-0.05, 0) is 78.2 Å². The quantitative estimate of drug-likeness (QED) is 0.413. The molecule has 0 radical (unpaired) electrons. The fourth-order valence-corrected chi connectivity index (χ4v) is 3.21. The molecule has 0 unspecified atom stereocenters. The second kappa shape index (κ2) is 10.3. The van der Waals surface area contributed by atoms with E-state index >= 15 is 0 Å². The van der Waals surface area contributed by atoms with Gasteiger partial charge in [-0.3, -0.25) is 14.8 Å². The minimum absolute atomic E-state index is 0.0304. The lowest BCUT2D eigenvalue weighted by atomic mass is 10.1. The van der Waals surface area contributed by atoms with E-state index in [0.29, 0.717) is 30.9 Å². The van der Waals surface area contributed by atoms with Crippen molar-refractivity contribution in [2.24, 2.45) is 0 Å². The predicted octanol–water partition coefficient (Wildman–Crippen LogP) is 5.32. The second-order valence-corrected chi connectivity index (χ2v) is 7.27. The monoisotopic (exact) mass is 427 g/mol. The maximum atomic E-state index is 13.0. The zero-order valence-electron chi connectivity index (χ0n) is 17.4. The minimum atomic E-state index is -0.308. The number of hydrogen-bond acceptors (Lipinski definition) is 4. The molecule has 0 saturated carbocycles. The van der Waals surface area contributed by atoms with E-state index in [0.717, 1.165) is 22.4 Å². The summed E-state index contributed by atoms with van der Waals surface area (Å²) in [5.74, 6) is 0.870. The first kappa shape index (κ1) is 21.2. The molecule has 2 aromatic heterocycles. The number of nitrogens with one attached hydrogen (secondary N) is 1. The van der Waals surface area contributed by atoms with Crippen LogP contribution < -0.4 is 10.1 Å². The topological polar surface area (TPSA) is 64.1 Å². The number of hydrogen-bond donors (Lipinski definition) is 1. The summed E-state index contributed by atoms with van der Waals surface area (Å²) in [6.45, 7) is 0.438. The molecule has 0 bridgehead atoms. The van der Waals surface area contributed by atoms with Crippen LogP contribution in [0.5, 0.6) is 11.5 Å². The highest BCUT2D eigenvalue weighted by Gasteiger charge is 2.06. The van der Waals surface area contributed by atoms with Gasteiger partial charge in [-0.2, -0.15) is 0 Å². The van der Waals surface area contributed by atoms with Crippen molar-refractivity contribution in [3.05, 3.63) is 108 Å². The van der Waals surface area contributed by atoms with Gasteiger partial charge in [0.2, 0.25) is 5.91 Å². The van der Waals surface area contributed by atoms with Gasteiger partial charge in [0.05, 0.1) is 5.69 Å². The molecular weight excluding hydrogens is 405 g/mol. The molecule has 1 amide bonds. The summed E-state index contributed by atoms with van der Waals surface area (Å²) in [7, 11) is 0. The highest BCUT2D eigenvalue weighted by Crippen LogP contribution is 2.23. The molecule has 0 spiro atoms. The van der Waals surface area contributed by atoms with E-state index in [9.17, 15) is 9.18 Å². The van der Waals surface area contributed by atoms with Gasteiger partial charge in [-0.25, -0.2) is 4.39 Å². The van der Waals surface area contributed by atoms with Crippen LogP contribution in [-0.2, 0) is 17.8 Å². The number of pyridine rings is 2. The third-order valence-corrected chi connectivity index (χ3v) is 4.88. The first-order valence-corrected chi connectivity index (χ1v) is 10.3. The van der Waals surface area contributed by atoms with Crippen molar-refractivity contribution in [2.75, 3.05) is 0 Å². The summed E-state index contributed by atoms with van der Waals surface area (Å²) in [5.41, 5.74) is 3.80. The molecule has 0 fully saturated rings. The van der Waals surface area contributed by atoms with Crippen LogP contribution >= 0.6 is 0 Å². The first-order valence-electron chi connectivity index (χ1n) is 10.3. The van der Waals surface area contributed by atoms with Gasteiger partial charge < -0.3 is 10.1 Å². The Morgan fingerprint density at radius 1 is 0.875 bits per heavy atom. The number of rotatable bonds is 8. The normalized spacial score (nSPS) is 10.5. The fourth-order valence-electron chi connectivity index (χ4n) is 3.21. The maximum Gasteiger partial charge on any atom is 0.220 e. The molecule has 0 aliphatic rings. The Morgan fingerprint density at radius 3 is 2.50 bits per heavy atom. The number of nitrogens with zero attached hydrogens (tertiary/aromatic N) is 2. The first-order chi connectivity index (χ1) is 15.7. The third-order valence-electron chi connectivity index (χ3n) is 4.88. The molecule has 0 aliphatic heterocycles. The molecule has 0 aliphatic carbocycles. The number of carbonyl (C=O) groups excluding carboxylic acids is 1. The van der Waals surface area contributed by atoms with Gasteiger partial charge in [0.15, 0.2) is 0 Å². The summed E-state index contributed by atoms with van der Waals surface area (Å²) in [6.07, 6.45) is 6.15. The lowest BCUT2D eigenvalue weighted by molar-refractivity contribution is -0.121. The largest absolute Gasteiger partial charge is 0.457 e. The van der Waals surface area contributed by atoms with Crippen molar-refractivity contribution < 1.29 is 13.9 Å². The second-order valence-electron chi connectivity index (χ2n) is 7.27. The van der Waals surface area contributed by atoms with E-state index in [1.807, 2.05) is 48.5 Å². The molecule has 0 saturated heterocycles. The van der Waals surface area contributed by atoms with Crippen LogP contribution in [0.15, 0.2) is 91.4 Å². The van der Waals surface area contributed by atoms with Crippen molar-refractivity contribution >= 4 is 5.91 Å². The Kier molecular flexibility index (Phi) is 6.82. The summed E-state index contributed by atoms with van der Waals surface area (Å²) < 4.78 is 18.8. The van der Waals surface area contributed by atoms with Crippen LogP contribution in [0.25, 0.3) is 11.3 Å². The zero-order chi connectivity index (χ0) is 22.2. The number of amides is 1. The number of ether oxygens (including phenoxy) is 1. The van der Waals surface area contributed by atoms with E-state index in [1.165, 1.54) is 12.1 Å². The molecule has 0 atom stereocenters. The van der Waals surface area contributed by atoms with E-state index in [1.54, 1.807) is 30.7 Å². The van der Waals surface area contributed by atoms with Crippen molar-refractivity contribution in [3.8, 4) is 22.8 Å². The summed E-state index contributed by atoms with van der Waals surface area (Å²) in [6, 6.07) is 21.1. The van der Waals surface area contributed by atoms with Gasteiger partial charge in [0.25, 0.3) is 0 Å². The Labute approximate surface area is 185 Å². The number of carbonyl (C=O) groups is 1. The molecule has 1 N–H and O–H groups in total. The van der Waals surface area contributed by atoms with Crippen molar-refractivity contribution in [1.82, 2.24) is 15.3 Å². The van der Waals surface area contributed by atoms with Gasteiger partial charge in [-0.15, -0.1) is 0 Å². The zero-order valence-corrected chi connectivity index (χ0v) is 17.4. The molecule has 2 heterocycles. The molecule has 160 valence electrons. The Bertz CT molecular complexity index is 1180. The average molecular weight is 427 g/mol. The van der Waals surface area contributed by atoms with Gasteiger partial charge in [-0.1, -0.05) is 12.1 Å². The van der Waals surface area contributed by atoms with Crippen molar-refractivity contribution in [1.29, 1.82) is 0 Å². The number of aryl methyl sites for hydroxylation is 1. The Morgan fingerprint density at radius 2 is 1.69 bits per heavy atom. The van der Waals surface area contributed by atoms with E-state index in [4.69, 9.17) is 4.74 Å². The SMILES string of the molecule is O=C(CCc1cccc(Oc2ccc(F)cc2)c1)NCc1ccnc(-c2ccncc2)c1. The Balaban J connectivity index is 1.28. The van der Waals surface area contributed by atoms with Crippen LogP contribution in [0.1, 0.15) is 17.5 Å². The summed E-state index contributed by atoms with van der Waals surface area (Å²) in [4.78, 5) is 20.8. The molecule has 32 heavy (non-hydrogen) atoms. The van der Waals surface area contributed by atoms with Crippen LogP contribution in [0.3, 0.4) is 0 Å². The van der Waals surface area contributed by atoms with Gasteiger partial charge in [0, 0.05) is 37.1 Å². The molecule has 2 aromatic carbocycles. The molecule has 5 nitrogen and oxygen atoms in total. The van der Waals surface area contributed by atoms with Crippen LogP contribution in [0.2, 0.25) is 0 Å². The Hall–Kier alpha value is -4.06. The van der Waals surface area contributed by atoms with Gasteiger partial charge in [0.1, 0.15) is 17.3 Å². The minimum Gasteiger partial charge on any atom is -0.457 e. The number of benzene rings is 2. The average Bonchev–Trinajstić information content (AvgIpc) is 2.84. The van der Waals surface area contributed by atoms with Crippen molar-refractivity contribution in [3.63, 3.8) is 0 Å². The molecular formula is C26H22FN3O2. The van der Waals surface area contributed by atoms with Crippen LogP contribution in [-0.4, -0.2) is 15.9 Å². The number of halogens is 1. The summed E-state index contributed by atoms with van der Waals surface area (Å²) in [5, 5.41) is 2.96. The lowest BCUT2D eigenvalue weighted by Gasteiger charge is -2.09. The molecule has 6 heteroatoms. The summed E-state index contributed by atoms with van der Waals surface area (Å²) >= 11 is 0. The maximum absolute atomic E-state index is 13.0. The van der Waals surface area contributed by atoms with E-state index in [2.05, 4.69) is 15.3 Å².